The summed E-state index contributed by atoms with van der Waals surface area (Å²) in [6.07, 6.45) is 0. The molecule has 0 aliphatic carbocycles. The maximum absolute atomic E-state index is 12.4. The van der Waals surface area contributed by atoms with Crippen molar-refractivity contribution in [2.75, 3.05) is 12.4 Å². The molecule has 0 saturated heterocycles. The number of aryl methyl sites for hydroxylation is 1. The molecule has 1 amide bonds. The minimum Gasteiger partial charge on any atom is -0.378 e. The molecule has 2 aromatic rings. The third-order valence-corrected chi connectivity index (χ3v) is 4.20. The summed E-state index contributed by atoms with van der Waals surface area (Å²) in [5.41, 5.74) is 1.83. The third-order valence-electron chi connectivity index (χ3n) is 3.25. The Bertz CT molecular complexity index is 714. The Hall–Kier alpha value is -2.48. The summed E-state index contributed by atoms with van der Waals surface area (Å²) < 4.78 is 4.15. The van der Waals surface area contributed by atoms with Crippen LogP contribution < -0.4 is 10.6 Å². The van der Waals surface area contributed by atoms with Gasteiger partial charge in [0.25, 0.3) is 11.6 Å². The molecule has 0 radical (unpaired) electrons. The first-order valence-electron chi connectivity index (χ1n) is 6.63. The van der Waals surface area contributed by atoms with Gasteiger partial charge in [0.15, 0.2) is 0 Å². The highest BCUT2D eigenvalue weighted by atomic mass is 32.1. The van der Waals surface area contributed by atoms with Gasteiger partial charge in [0.1, 0.15) is 5.00 Å². The molecular weight excluding hydrogens is 304 g/mol. The zero-order valence-electron chi connectivity index (χ0n) is 12.4. The van der Waals surface area contributed by atoms with Gasteiger partial charge in [0.05, 0.1) is 22.2 Å². The van der Waals surface area contributed by atoms with Gasteiger partial charge in [0, 0.05) is 19.2 Å². The van der Waals surface area contributed by atoms with Crippen LogP contribution in [0.15, 0.2) is 24.3 Å². The molecule has 1 aromatic heterocycles. The van der Waals surface area contributed by atoms with Crippen molar-refractivity contribution in [1.82, 2.24) is 9.69 Å². The van der Waals surface area contributed by atoms with Crippen molar-refractivity contribution in [3.63, 3.8) is 0 Å². The molecule has 1 aromatic carbocycles. The first kappa shape index (κ1) is 15.9. The highest BCUT2D eigenvalue weighted by Crippen LogP contribution is 2.25. The normalized spacial score (nSPS) is 11.8. The van der Waals surface area contributed by atoms with Crippen LogP contribution in [0.25, 0.3) is 0 Å². The average molecular weight is 320 g/mol. The molecule has 8 heteroatoms. The Morgan fingerprint density at radius 2 is 2.18 bits per heavy atom. The van der Waals surface area contributed by atoms with E-state index in [1.165, 1.54) is 23.7 Å². The van der Waals surface area contributed by atoms with E-state index < -0.39 is 4.92 Å². The van der Waals surface area contributed by atoms with Crippen LogP contribution in [-0.2, 0) is 0 Å². The van der Waals surface area contributed by atoms with Crippen LogP contribution in [0.5, 0.6) is 0 Å². The molecule has 0 saturated carbocycles. The van der Waals surface area contributed by atoms with Gasteiger partial charge in [-0.05, 0) is 30.9 Å². The predicted molar refractivity (Wildman–Crippen MR) is 85.4 cm³/mol. The van der Waals surface area contributed by atoms with Gasteiger partial charge in [-0.3, -0.25) is 14.9 Å². The number of hydrogen-bond donors (Lipinski definition) is 2. The molecule has 0 spiro atoms. The van der Waals surface area contributed by atoms with E-state index in [9.17, 15) is 14.9 Å². The Morgan fingerprint density at radius 1 is 1.45 bits per heavy atom. The molecule has 2 N–H and O–H groups in total. The largest absolute Gasteiger partial charge is 0.378 e. The van der Waals surface area contributed by atoms with Gasteiger partial charge in [-0.15, -0.1) is 0 Å². The smallest absolute Gasteiger partial charge is 0.269 e. The molecule has 0 aliphatic rings. The fraction of sp³-hybridized carbons (Fsp3) is 0.286. The third kappa shape index (κ3) is 3.22. The lowest BCUT2D eigenvalue weighted by Crippen LogP contribution is -2.27. The summed E-state index contributed by atoms with van der Waals surface area (Å²) in [5.74, 6) is -0.255. The van der Waals surface area contributed by atoms with Gasteiger partial charge in [-0.2, -0.15) is 4.37 Å². The highest BCUT2D eigenvalue weighted by molar-refractivity contribution is 7.10. The van der Waals surface area contributed by atoms with Crippen molar-refractivity contribution in [2.45, 2.75) is 19.9 Å². The first-order chi connectivity index (χ1) is 10.4. The quantitative estimate of drug-likeness (QED) is 0.652. The monoisotopic (exact) mass is 320 g/mol. The van der Waals surface area contributed by atoms with Crippen molar-refractivity contribution >= 4 is 28.1 Å². The maximum atomic E-state index is 12.4. The van der Waals surface area contributed by atoms with Gasteiger partial charge in [-0.1, -0.05) is 12.1 Å². The lowest BCUT2D eigenvalue weighted by Gasteiger charge is -2.14. The number of rotatable bonds is 5. The predicted octanol–water partition coefficient (Wildman–Crippen LogP) is 2.89. The van der Waals surface area contributed by atoms with Crippen LogP contribution in [0.4, 0.5) is 10.7 Å². The number of benzene rings is 1. The van der Waals surface area contributed by atoms with Crippen molar-refractivity contribution in [2.24, 2.45) is 0 Å². The Kier molecular flexibility index (Phi) is 4.71. The number of non-ortho nitro benzene ring substituents is 1. The van der Waals surface area contributed by atoms with E-state index in [1.54, 1.807) is 33.0 Å². The topological polar surface area (TPSA) is 97.2 Å². The molecule has 0 bridgehead atoms. The second kappa shape index (κ2) is 6.52. The first-order valence-corrected chi connectivity index (χ1v) is 7.40. The van der Waals surface area contributed by atoms with Crippen LogP contribution in [0, 0.1) is 17.0 Å². The van der Waals surface area contributed by atoms with Gasteiger partial charge in [0.2, 0.25) is 0 Å². The van der Waals surface area contributed by atoms with E-state index >= 15 is 0 Å². The number of nitrogens with zero attached hydrogens (tertiary/aromatic N) is 2. The summed E-state index contributed by atoms with van der Waals surface area (Å²) in [6, 6.07) is 5.88. The Balaban J connectivity index is 2.19. The number of carbonyl (C=O) groups excluding carboxylic acids is 1. The molecule has 0 fully saturated rings. The van der Waals surface area contributed by atoms with Gasteiger partial charge < -0.3 is 10.6 Å². The van der Waals surface area contributed by atoms with Crippen LogP contribution >= 0.6 is 11.5 Å². The lowest BCUT2D eigenvalue weighted by atomic mass is 10.1. The lowest BCUT2D eigenvalue weighted by molar-refractivity contribution is -0.384. The molecule has 2 rings (SSSR count). The number of nitrogens with one attached hydrogen (secondary N) is 2. The summed E-state index contributed by atoms with van der Waals surface area (Å²) >= 11 is 1.22. The average Bonchev–Trinajstić information content (AvgIpc) is 2.88. The van der Waals surface area contributed by atoms with Crippen LogP contribution in [-0.4, -0.2) is 22.3 Å². The van der Waals surface area contributed by atoms with Crippen LogP contribution in [0.2, 0.25) is 0 Å². The number of aromatic nitrogens is 1. The summed E-state index contributed by atoms with van der Waals surface area (Å²) in [4.78, 5) is 22.8. The molecule has 116 valence electrons. The maximum Gasteiger partial charge on any atom is 0.269 e. The number of hydrogen-bond acceptors (Lipinski definition) is 6. The summed E-state index contributed by atoms with van der Waals surface area (Å²) in [6.45, 7) is 3.55. The van der Waals surface area contributed by atoms with Crippen LogP contribution in [0.3, 0.4) is 0 Å². The highest BCUT2D eigenvalue weighted by Gasteiger charge is 2.20. The molecule has 1 unspecified atom stereocenters. The molecule has 7 nitrogen and oxygen atoms in total. The van der Waals surface area contributed by atoms with E-state index in [1.807, 2.05) is 0 Å². The molecule has 1 atom stereocenters. The fourth-order valence-corrected chi connectivity index (χ4v) is 2.81. The number of carbonyl (C=O) groups is 1. The zero-order chi connectivity index (χ0) is 16.3. The zero-order valence-corrected chi connectivity index (χ0v) is 13.2. The summed E-state index contributed by atoms with van der Waals surface area (Å²) in [5, 5.41) is 17.3. The van der Waals surface area contributed by atoms with Crippen molar-refractivity contribution < 1.29 is 9.72 Å². The number of nitro groups is 1. The van der Waals surface area contributed by atoms with Crippen molar-refractivity contribution in [1.29, 1.82) is 0 Å². The number of nitro benzene ring substituents is 1. The number of amides is 1. The molecule has 22 heavy (non-hydrogen) atoms. The molecule has 1 heterocycles. The van der Waals surface area contributed by atoms with E-state index in [2.05, 4.69) is 15.0 Å². The molecule has 0 aliphatic heterocycles. The van der Waals surface area contributed by atoms with E-state index in [4.69, 9.17) is 0 Å². The van der Waals surface area contributed by atoms with E-state index in [0.29, 0.717) is 21.8 Å². The van der Waals surface area contributed by atoms with Crippen molar-refractivity contribution in [3.05, 3.63) is 51.2 Å². The Labute approximate surface area is 131 Å². The van der Waals surface area contributed by atoms with Gasteiger partial charge >= 0.3 is 0 Å². The van der Waals surface area contributed by atoms with Crippen LogP contribution in [0.1, 0.15) is 34.6 Å². The SMILES string of the molecule is CNc1snc(C)c1C(=O)NC(C)c1cccc([N+](=O)[O-])c1. The summed E-state index contributed by atoms with van der Waals surface area (Å²) in [7, 11) is 1.73. The second-order valence-electron chi connectivity index (χ2n) is 4.77. The fourth-order valence-electron chi connectivity index (χ4n) is 2.07. The van der Waals surface area contributed by atoms with E-state index in [0.717, 1.165) is 0 Å². The van der Waals surface area contributed by atoms with Crippen molar-refractivity contribution in [3.8, 4) is 0 Å². The van der Waals surface area contributed by atoms with E-state index in [-0.39, 0.29) is 17.6 Å². The minimum absolute atomic E-state index is 0.00268. The minimum atomic E-state index is -0.454. The Morgan fingerprint density at radius 3 is 2.82 bits per heavy atom. The standard InChI is InChI=1S/C14H16N4O3S/c1-8(10-5-4-6-11(7-10)18(20)21)16-13(19)12-9(2)17-22-14(12)15-3/h4-8,15H,1-3H3,(H,16,19). The second-order valence-corrected chi connectivity index (χ2v) is 5.54. The number of anilines is 1. The molecular formula is C14H16N4O3S. The van der Waals surface area contributed by atoms with Gasteiger partial charge in [-0.25, -0.2) is 0 Å².